The molecule has 1 heterocycles. The van der Waals surface area contributed by atoms with E-state index in [0.717, 1.165) is 0 Å². The summed E-state index contributed by atoms with van der Waals surface area (Å²) in [5.74, 6) is -1.32. The number of aryl methyl sites for hydroxylation is 1. The Morgan fingerprint density at radius 1 is 1.29 bits per heavy atom. The van der Waals surface area contributed by atoms with Crippen molar-refractivity contribution in [2.45, 2.75) is 51.9 Å². The number of Topliss-reactive ketones (excluding diaryl/α,β-unsaturated/α-hetero) is 1. The number of hydrogen-bond acceptors (Lipinski definition) is 3. The van der Waals surface area contributed by atoms with Crippen LogP contribution in [0.15, 0.2) is 35.3 Å². The molecule has 148 valence electrons. The first-order chi connectivity index (χ1) is 13.3. The second-order valence-electron chi connectivity index (χ2n) is 7.14. The molecule has 1 aliphatic carbocycles. The second kappa shape index (κ2) is 8.04. The summed E-state index contributed by atoms with van der Waals surface area (Å²) in [6.07, 6.45) is 1.00. The first-order valence-electron chi connectivity index (χ1n) is 9.26. The van der Waals surface area contributed by atoms with Gasteiger partial charge in [0.05, 0.1) is 17.7 Å². The van der Waals surface area contributed by atoms with E-state index in [4.69, 9.17) is 0 Å². The summed E-state index contributed by atoms with van der Waals surface area (Å²) in [5.41, 5.74) is 0.160. The molecule has 1 saturated carbocycles. The lowest BCUT2D eigenvalue weighted by molar-refractivity contribution is 0.0859. The van der Waals surface area contributed by atoms with Gasteiger partial charge in [-0.05, 0) is 31.4 Å². The van der Waals surface area contributed by atoms with Crippen LogP contribution in [-0.4, -0.2) is 28.5 Å². The molecule has 1 amide bonds. The zero-order chi connectivity index (χ0) is 20.4. The Morgan fingerprint density at radius 2 is 2.00 bits per heavy atom. The van der Waals surface area contributed by atoms with Crippen LogP contribution in [-0.2, 0) is 6.54 Å². The Hall–Kier alpha value is -2.83. The molecule has 0 bridgehead atoms. The van der Waals surface area contributed by atoms with Crippen LogP contribution >= 0.6 is 0 Å². The number of alkyl halides is 1. The zero-order valence-electron chi connectivity index (χ0n) is 15.8. The summed E-state index contributed by atoms with van der Waals surface area (Å²) in [6.45, 7) is 3.14. The quantitative estimate of drug-likeness (QED) is 0.773. The summed E-state index contributed by atoms with van der Waals surface area (Å²) >= 11 is 0. The van der Waals surface area contributed by atoms with Crippen molar-refractivity contribution in [3.05, 3.63) is 68.9 Å². The van der Waals surface area contributed by atoms with Crippen LogP contribution < -0.4 is 10.9 Å². The van der Waals surface area contributed by atoms with E-state index in [1.165, 1.54) is 16.8 Å². The number of nitrogens with one attached hydrogen (secondary N) is 1. The Bertz CT molecular complexity index is 978. The van der Waals surface area contributed by atoms with Crippen LogP contribution in [0.2, 0.25) is 0 Å². The number of pyridine rings is 1. The van der Waals surface area contributed by atoms with Crippen LogP contribution in [0.3, 0.4) is 0 Å². The summed E-state index contributed by atoms with van der Waals surface area (Å²) < 4.78 is 28.5. The van der Waals surface area contributed by atoms with E-state index < -0.39 is 29.2 Å². The molecule has 1 aliphatic rings. The molecular weight excluding hydrogens is 366 g/mol. The number of aromatic nitrogens is 1. The predicted molar refractivity (Wildman–Crippen MR) is 101 cm³/mol. The van der Waals surface area contributed by atoms with Crippen molar-refractivity contribution in [3.8, 4) is 0 Å². The molecule has 28 heavy (non-hydrogen) atoms. The summed E-state index contributed by atoms with van der Waals surface area (Å²) in [5, 5.41) is 2.70. The molecular formula is C21H22F2N2O3. The zero-order valence-corrected chi connectivity index (χ0v) is 15.8. The van der Waals surface area contributed by atoms with E-state index in [2.05, 4.69) is 5.32 Å². The van der Waals surface area contributed by atoms with Crippen LogP contribution in [0.25, 0.3) is 0 Å². The number of benzene rings is 1. The van der Waals surface area contributed by atoms with Crippen molar-refractivity contribution in [2.75, 3.05) is 0 Å². The minimum atomic E-state index is -0.916. The fraction of sp³-hybridized carbons (Fsp3) is 0.381. The number of ketones is 1. The van der Waals surface area contributed by atoms with E-state index in [9.17, 15) is 23.2 Å². The van der Waals surface area contributed by atoms with Crippen molar-refractivity contribution in [1.82, 2.24) is 9.88 Å². The smallest absolute Gasteiger partial charge is 0.261 e. The van der Waals surface area contributed by atoms with Gasteiger partial charge in [-0.15, -0.1) is 0 Å². The Labute approximate surface area is 161 Å². The van der Waals surface area contributed by atoms with Gasteiger partial charge >= 0.3 is 0 Å². The minimum Gasteiger partial charge on any atom is -0.349 e. The van der Waals surface area contributed by atoms with Crippen LogP contribution in [0, 0.1) is 12.7 Å². The lowest BCUT2D eigenvalue weighted by Gasteiger charge is -2.30. The molecule has 0 spiro atoms. The lowest BCUT2D eigenvalue weighted by Crippen LogP contribution is -2.45. The van der Waals surface area contributed by atoms with Crippen molar-refractivity contribution < 1.29 is 18.4 Å². The molecule has 0 aliphatic heterocycles. The standard InChI is InChI=1S/C21H22F2N2O3/c1-3-18(26)17-7-14(20(27)24-16-8-15(22)9-16)11-25(21(17)28)10-13-6-4-5-12(2)19(13)23/h4-7,11,15-16H,3,8-10H2,1-2H3,(H,24,27). The first kappa shape index (κ1) is 19.9. The van der Waals surface area contributed by atoms with Crippen molar-refractivity contribution >= 4 is 11.7 Å². The normalized spacial score (nSPS) is 18.4. The maximum absolute atomic E-state index is 14.4. The highest BCUT2D eigenvalue weighted by molar-refractivity contribution is 6.00. The lowest BCUT2D eigenvalue weighted by atomic mass is 9.90. The van der Waals surface area contributed by atoms with Gasteiger partial charge in [0.15, 0.2) is 5.78 Å². The van der Waals surface area contributed by atoms with Gasteiger partial charge in [0.1, 0.15) is 12.0 Å². The Balaban J connectivity index is 1.98. The molecule has 0 unspecified atom stereocenters. The van der Waals surface area contributed by atoms with Gasteiger partial charge in [-0.25, -0.2) is 8.78 Å². The molecule has 1 aromatic carbocycles. The number of carbonyl (C=O) groups excluding carboxylic acids is 2. The third-order valence-corrected chi connectivity index (χ3v) is 5.00. The van der Waals surface area contributed by atoms with Crippen LogP contribution in [0.1, 0.15) is 58.0 Å². The molecule has 2 aromatic rings. The predicted octanol–water partition coefficient (Wildman–Crippen LogP) is 3.17. The SMILES string of the molecule is CCC(=O)c1cc(C(=O)NC2CC(F)C2)cn(Cc2cccc(C)c2F)c1=O. The average molecular weight is 388 g/mol. The number of carbonyl (C=O) groups is 2. The Morgan fingerprint density at radius 3 is 2.64 bits per heavy atom. The summed E-state index contributed by atoms with van der Waals surface area (Å²) in [6, 6.07) is 5.85. The maximum Gasteiger partial charge on any atom is 0.261 e. The fourth-order valence-electron chi connectivity index (χ4n) is 3.22. The third kappa shape index (κ3) is 4.03. The first-order valence-corrected chi connectivity index (χ1v) is 9.26. The monoisotopic (exact) mass is 388 g/mol. The van der Waals surface area contributed by atoms with Gasteiger partial charge in [-0.2, -0.15) is 0 Å². The fourth-order valence-corrected chi connectivity index (χ4v) is 3.22. The molecule has 0 saturated heterocycles. The van der Waals surface area contributed by atoms with Crippen molar-refractivity contribution in [3.63, 3.8) is 0 Å². The summed E-state index contributed by atoms with van der Waals surface area (Å²) in [4.78, 5) is 37.4. The number of hydrogen-bond donors (Lipinski definition) is 1. The number of nitrogens with zero attached hydrogens (tertiary/aromatic N) is 1. The van der Waals surface area contributed by atoms with E-state index in [1.54, 1.807) is 32.0 Å². The summed E-state index contributed by atoms with van der Waals surface area (Å²) in [7, 11) is 0. The molecule has 5 nitrogen and oxygen atoms in total. The highest BCUT2D eigenvalue weighted by Gasteiger charge is 2.30. The van der Waals surface area contributed by atoms with Crippen LogP contribution in [0.4, 0.5) is 8.78 Å². The highest BCUT2D eigenvalue weighted by Crippen LogP contribution is 2.23. The maximum atomic E-state index is 14.4. The molecule has 1 fully saturated rings. The number of rotatable bonds is 6. The van der Waals surface area contributed by atoms with E-state index in [0.29, 0.717) is 5.56 Å². The molecule has 7 heteroatoms. The number of amides is 1. The van der Waals surface area contributed by atoms with Gasteiger partial charge in [-0.1, -0.05) is 25.1 Å². The highest BCUT2D eigenvalue weighted by atomic mass is 19.1. The van der Waals surface area contributed by atoms with Gasteiger partial charge in [0.25, 0.3) is 11.5 Å². The van der Waals surface area contributed by atoms with Gasteiger partial charge in [-0.3, -0.25) is 14.4 Å². The van der Waals surface area contributed by atoms with Crippen molar-refractivity contribution in [2.24, 2.45) is 0 Å². The molecule has 0 atom stereocenters. The molecule has 1 N–H and O–H groups in total. The molecule has 1 aromatic heterocycles. The largest absolute Gasteiger partial charge is 0.349 e. The molecule has 0 radical (unpaired) electrons. The number of halogens is 2. The topological polar surface area (TPSA) is 68.2 Å². The Kier molecular flexibility index (Phi) is 5.72. The van der Waals surface area contributed by atoms with Crippen molar-refractivity contribution in [1.29, 1.82) is 0 Å². The van der Waals surface area contributed by atoms with E-state index in [1.807, 2.05) is 0 Å². The van der Waals surface area contributed by atoms with Gasteiger partial charge in [0, 0.05) is 24.2 Å². The average Bonchev–Trinajstić information content (AvgIpc) is 2.65. The minimum absolute atomic E-state index is 0.102. The van der Waals surface area contributed by atoms with E-state index >= 15 is 0 Å². The van der Waals surface area contributed by atoms with Gasteiger partial charge < -0.3 is 9.88 Å². The second-order valence-corrected chi connectivity index (χ2v) is 7.14. The van der Waals surface area contributed by atoms with Gasteiger partial charge in [0.2, 0.25) is 0 Å². The van der Waals surface area contributed by atoms with Crippen LogP contribution in [0.5, 0.6) is 0 Å². The van der Waals surface area contributed by atoms with E-state index in [-0.39, 0.29) is 48.5 Å². The third-order valence-electron chi connectivity index (χ3n) is 5.00. The molecule has 3 rings (SSSR count).